The van der Waals surface area contributed by atoms with E-state index < -0.39 is 30.7 Å². The number of nitrogens with zero attached hydrogens (tertiary/aromatic N) is 2. The third-order valence-corrected chi connectivity index (χ3v) is 6.31. The van der Waals surface area contributed by atoms with Gasteiger partial charge in [0.15, 0.2) is 37.9 Å². The van der Waals surface area contributed by atoms with Crippen molar-refractivity contribution in [1.82, 2.24) is 0 Å². The summed E-state index contributed by atoms with van der Waals surface area (Å²) in [6.45, 7) is 2.87. The van der Waals surface area contributed by atoms with Crippen LogP contribution in [0.2, 0.25) is 0 Å². The minimum atomic E-state index is -4.33. The Balaban J connectivity index is 2.10. The molecule has 0 aliphatic heterocycles. The Morgan fingerprint density at radius 3 is 1.23 bits per heavy atom. The lowest BCUT2D eigenvalue weighted by Crippen LogP contribution is -2.41. The van der Waals surface area contributed by atoms with Gasteiger partial charge in [-0.05, 0) is 25.0 Å². The molecule has 0 aliphatic carbocycles. The number of hydrogen-bond donors (Lipinski definition) is 0. The lowest BCUT2D eigenvalue weighted by atomic mass is 10.1. The third kappa shape index (κ3) is 5.56. The van der Waals surface area contributed by atoms with E-state index in [4.69, 9.17) is 0 Å². The Morgan fingerprint density at radius 2 is 1.00 bits per heavy atom. The molecule has 1 unspecified atom stereocenters. The summed E-state index contributed by atoms with van der Waals surface area (Å²) in [5.41, 5.74) is 1.74. The zero-order chi connectivity index (χ0) is 19.5. The highest BCUT2D eigenvalue weighted by Crippen LogP contribution is 2.15. The highest BCUT2D eigenvalue weighted by Gasteiger charge is 2.17. The average Bonchev–Trinajstić information content (AvgIpc) is 2.54. The Labute approximate surface area is 153 Å². The van der Waals surface area contributed by atoms with Crippen LogP contribution in [0.15, 0.2) is 49.1 Å². The largest absolute Gasteiger partial charge is 0.748 e. The van der Waals surface area contributed by atoms with Gasteiger partial charge in [0, 0.05) is 24.3 Å². The topological polar surface area (TPSA) is 122 Å². The quantitative estimate of drug-likeness (QED) is 0.468. The molecule has 0 saturated carbocycles. The van der Waals surface area contributed by atoms with Gasteiger partial charge in [-0.15, -0.1) is 0 Å². The summed E-state index contributed by atoms with van der Waals surface area (Å²) < 4.78 is 69.0. The molecule has 0 amide bonds. The van der Waals surface area contributed by atoms with Crippen LogP contribution in [0.3, 0.4) is 0 Å². The van der Waals surface area contributed by atoms with Crippen LogP contribution in [0, 0.1) is 0 Å². The molecule has 10 heteroatoms. The molecule has 2 aromatic rings. The number of aromatic nitrogens is 2. The summed E-state index contributed by atoms with van der Waals surface area (Å²) in [7, 11) is -8.65. The molecular formula is C16H20N2O6S2. The maximum Gasteiger partial charge on any atom is 0.169 e. The molecule has 26 heavy (non-hydrogen) atoms. The first-order chi connectivity index (χ1) is 12.0. The van der Waals surface area contributed by atoms with Gasteiger partial charge in [0.05, 0.1) is 0 Å². The molecule has 0 bridgehead atoms. The third-order valence-electron chi connectivity index (χ3n) is 4.04. The van der Waals surface area contributed by atoms with Crippen LogP contribution in [0.4, 0.5) is 0 Å². The van der Waals surface area contributed by atoms with Crippen molar-refractivity contribution in [2.24, 2.45) is 0 Å². The van der Waals surface area contributed by atoms with E-state index in [1.807, 2.05) is 0 Å². The van der Waals surface area contributed by atoms with Crippen molar-refractivity contribution in [2.45, 2.75) is 37.4 Å². The highest BCUT2D eigenvalue weighted by molar-refractivity contribution is 7.86. The fraction of sp³-hybridized carbons (Fsp3) is 0.375. The van der Waals surface area contributed by atoms with Crippen molar-refractivity contribution in [2.75, 3.05) is 0 Å². The molecule has 0 aromatic carbocycles. The first-order valence-electron chi connectivity index (χ1n) is 7.85. The van der Waals surface area contributed by atoms with E-state index in [1.165, 1.54) is 13.8 Å². The predicted octanol–water partition coefficient (Wildman–Crippen LogP) is -0.204. The second-order valence-electron chi connectivity index (χ2n) is 6.17. The average molecular weight is 400 g/mol. The summed E-state index contributed by atoms with van der Waals surface area (Å²) in [6.07, 6.45) is 6.74. The standard InChI is InChI=1S/C16H20N2O6S2/c1-13(25(19,20)21)11-17-7-3-15(4-8-17)16-5-9-18(10-6-16)12-14(2)26(22,23)24/h3-10,13-14H,11-12H2,1-2H3/t13-,14?/m1/s1. The minimum absolute atomic E-state index is 0.0719. The molecule has 142 valence electrons. The lowest BCUT2D eigenvalue weighted by molar-refractivity contribution is -0.696. The molecule has 0 saturated heterocycles. The molecule has 2 rings (SSSR count). The summed E-state index contributed by atoms with van der Waals surface area (Å²) in [6, 6.07) is 7.15. The molecule has 0 spiro atoms. The Morgan fingerprint density at radius 1 is 0.731 bits per heavy atom. The normalized spacial score (nSPS) is 14.8. The summed E-state index contributed by atoms with van der Waals surface area (Å²) in [5, 5.41) is -2.04. The molecule has 0 aliphatic rings. The smallest absolute Gasteiger partial charge is 0.169 e. The van der Waals surface area contributed by atoms with Crippen molar-refractivity contribution in [3.05, 3.63) is 49.1 Å². The van der Waals surface area contributed by atoms with Crippen LogP contribution in [0.1, 0.15) is 13.8 Å². The van der Waals surface area contributed by atoms with Crippen molar-refractivity contribution in [1.29, 1.82) is 0 Å². The fourth-order valence-electron chi connectivity index (χ4n) is 2.32. The van der Waals surface area contributed by atoms with E-state index in [0.717, 1.165) is 11.1 Å². The number of pyridine rings is 2. The van der Waals surface area contributed by atoms with E-state index in [1.54, 1.807) is 58.2 Å². The summed E-state index contributed by atoms with van der Waals surface area (Å²) in [4.78, 5) is 0. The predicted molar refractivity (Wildman–Crippen MR) is 90.6 cm³/mol. The first-order valence-corrected chi connectivity index (χ1v) is 10.8. The van der Waals surface area contributed by atoms with E-state index in [9.17, 15) is 25.9 Å². The van der Waals surface area contributed by atoms with E-state index in [0.29, 0.717) is 0 Å². The van der Waals surface area contributed by atoms with Gasteiger partial charge < -0.3 is 9.11 Å². The van der Waals surface area contributed by atoms with Crippen molar-refractivity contribution in [3.8, 4) is 11.1 Å². The maximum atomic E-state index is 11.0. The highest BCUT2D eigenvalue weighted by atomic mass is 32.2. The molecule has 2 aromatic heterocycles. The van der Waals surface area contributed by atoms with Crippen molar-refractivity contribution < 1.29 is 35.1 Å². The van der Waals surface area contributed by atoms with Gasteiger partial charge in [-0.1, -0.05) is 0 Å². The molecule has 2 atom stereocenters. The maximum absolute atomic E-state index is 11.0. The van der Waals surface area contributed by atoms with Crippen molar-refractivity contribution >= 4 is 20.2 Å². The van der Waals surface area contributed by atoms with E-state index in [2.05, 4.69) is 0 Å². The van der Waals surface area contributed by atoms with Gasteiger partial charge in [0.2, 0.25) is 0 Å². The van der Waals surface area contributed by atoms with Crippen LogP contribution in [-0.2, 0) is 33.3 Å². The van der Waals surface area contributed by atoms with Crippen molar-refractivity contribution in [3.63, 3.8) is 0 Å². The summed E-state index contributed by atoms with van der Waals surface area (Å²) >= 11 is 0. The van der Waals surface area contributed by atoms with Crippen LogP contribution in [0.5, 0.6) is 0 Å². The molecule has 0 radical (unpaired) electrons. The second kappa shape index (κ2) is 7.78. The van der Waals surface area contributed by atoms with Gasteiger partial charge in [0.25, 0.3) is 0 Å². The van der Waals surface area contributed by atoms with Crippen LogP contribution < -0.4 is 9.13 Å². The van der Waals surface area contributed by atoms with E-state index in [-0.39, 0.29) is 13.1 Å². The zero-order valence-electron chi connectivity index (χ0n) is 14.3. The zero-order valence-corrected chi connectivity index (χ0v) is 16.0. The van der Waals surface area contributed by atoms with Gasteiger partial charge in [-0.2, -0.15) is 0 Å². The van der Waals surface area contributed by atoms with Crippen LogP contribution in [-0.4, -0.2) is 36.4 Å². The van der Waals surface area contributed by atoms with Crippen LogP contribution >= 0.6 is 0 Å². The Bertz CT molecular complexity index is 873. The molecule has 0 fully saturated rings. The lowest BCUT2D eigenvalue weighted by Gasteiger charge is -2.13. The number of hydrogen-bond acceptors (Lipinski definition) is 6. The van der Waals surface area contributed by atoms with Gasteiger partial charge in [-0.25, -0.2) is 26.0 Å². The van der Waals surface area contributed by atoms with Gasteiger partial charge in [-0.3, -0.25) is 0 Å². The monoisotopic (exact) mass is 400 g/mol. The first kappa shape index (κ1) is 20.4. The molecule has 8 nitrogen and oxygen atoms in total. The van der Waals surface area contributed by atoms with Gasteiger partial charge in [0.1, 0.15) is 30.7 Å². The Hall–Kier alpha value is -1.88. The minimum Gasteiger partial charge on any atom is -0.748 e. The number of rotatable bonds is 7. The molecule has 2 heterocycles. The van der Waals surface area contributed by atoms with Gasteiger partial charge >= 0.3 is 0 Å². The SMILES string of the molecule is CC(C[n+]1ccc(-c2cc[n+](C[C@@H](C)S(=O)(=O)[O-])cc2)cc1)S(=O)(=O)[O-]. The van der Waals surface area contributed by atoms with Crippen LogP contribution in [0.25, 0.3) is 11.1 Å². The van der Waals surface area contributed by atoms with E-state index >= 15 is 0 Å². The molecular weight excluding hydrogens is 380 g/mol. The second-order valence-corrected chi connectivity index (χ2v) is 9.75. The molecule has 0 N–H and O–H groups in total. The Kier molecular flexibility index (Phi) is 6.12. The fourth-order valence-corrected chi connectivity index (χ4v) is 3.03. The summed E-state index contributed by atoms with van der Waals surface area (Å²) in [5.74, 6) is 0.